The molecule has 124 valence electrons. The van der Waals surface area contributed by atoms with Crippen LogP contribution < -0.4 is 4.90 Å². The number of hydrogen-bond acceptors (Lipinski definition) is 2. The van der Waals surface area contributed by atoms with Gasteiger partial charge in [0.25, 0.3) is 0 Å². The third-order valence-electron chi connectivity index (χ3n) is 4.78. The van der Waals surface area contributed by atoms with Crippen molar-refractivity contribution in [3.8, 4) is 0 Å². The molecule has 3 unspecified atom stereocenters. The minimum absolute atomic E-state index is 0.0800. The van der Waals surface area contributed by atoms with Gasteiger partial charge in [-0.05, 0) is 24.0 Å². The lowest BCUT2D eigenvalue weighted by atomic mass is 9.67. The van der Waals surface area contributed by atoms with Gasteiger partial charge in [0.1, 0.15) is 11.7 Å². The van der Waals surface area contributed by atoms with Crippen molar-refractivity contribution in [1.82, 2.24) is 0 Å². The van der Waals surface area contributed by atoms with Crippen molar-refractivity contribution in [2.45, 2.75) is 38.9 Å². The van der Waals surface area contributed by atoms with E-state index in [2.05, 4.69) is 0 Å². The molecular weight excluding hydrogens is 307 g/mol. The second kappa shape index (κ2) is 5.08. The number of para-hydroxylation sites is 1. The van der Waals surface area contributed by atoms with Crippen LogP contribution in [0.15, 0.2) is 30.3 Å². The number of ketones is 1. The number of carbonyl (C=O) groups is 2. The first kappa shape index (κ1) is 16.0. The van der Waals surface area contributed by atoms with E-state index in [1.54, 1.807) is 30.3 Å². The average Bonchev–Trinajstić information content (AvgIpc) is 2.70. The smallest absolute Gasteiger partial charge is 0.308 e. The van der Waals surface area contributed by atoms with Crippen molar-refractivity contribution in [2.75, 3.05) is 4.90 Å². The van der Waals surface area contributed by atoms with Crippen molar-refractivity contribution < 1.29 is 22.8 Å². The maximum absolute atomic E-state index is 13.4. The number of rotatable bonds is 1. The number of amides is 1. The molecule has 2 fully saturated rings. The Kier molecular flexibility index (Phi) is 3.54. The molecule has 1 aliphatic heterocycles. The number of Topliss-reactive ketones (excluding diaryl/α,β-unsaturated/α-hetero) is 1. The van der Waals surface area contributed by atoms with Crippen LogP contribution in [-0.4, -0.2) is 23.9 Å². The predicted molar refractivity (Wildman–Crippen MR) is 78.8 cm³/mol. The summed E-state index contributed by atoms with van der Waals surface area (Å²) in [7, 11) is 0. The largest absolute Gasteiger partial charge is 0.401 e. The van der Waals surface area contributed by atoms with Gasteiger partial charge in [-0.1, -0.05) is 32.0 Å². The minimum Gasteiger partial charge on any atom is -0.308 e. The molecule has 1 saturated heterocycles. The molecule has 1 heterocycles. The summed E-state index contributed by atoms with van der Waals surface area (Å²) < 4.78 is 40.3. The number of hydrogen-bond donors (Lipinski definition) is 0. The van der Waals surface area contributed by atoms with E-state index in [0.717, 1.165) is 0 Å². The van der Waals surface area contributed by atoms with Gasteiger partial charge in [0.2, 0.25) is 5.91 Å². The van der Waals surface area contributed by atoms with Crippen molar-refractivity contribution in [1.29, 1.82) is 0 Å². The van der Waals surface area contributed by atoms with Gasteiger partial charge < -0.3 is 4.90 Å². The van der Waals surface area contributed by atoms with Gasteiger partial charge >= 0.3 is 6.18 Å². The number of benzene rings is 1. The van der Waals surface area contributed by atoms with Crippen LogP contribution in [0.3, 0.4) is 0 Å². The topological polar surface area (TPSA) is 37.4 Å². The van der Waals surface area contributed by atoms with Gasteiger partial charge in [-0.15, -0.1) is 0 Å². The molecular formula is C17H18F3NO2. The highest BCUT2D eigenvalue weighted by molar-refractivity contribution is 6.04. The molecule has 0 spiro atoms. The van der Waals surface area contributed by atoms with Crippen LogP contribution in [0.4, 0.5) is 18.9 Å². The number of alkyl halides is 3. The second-order valence-electron chi connectivity index (χ2n) is 7.17. The lowest BCUT2D eigenvalue weighted by Crippen LogP contribution is -2.46. The maximum Gasteiger partial charge on any atom is 0.401 e. The van der Waals surface area contributed by atoms with Gasteiger partial charge in [0, 0.05) is 18.2 Å². The molecule has 1 aromatic carbocycles. The van der Waals surface area contributed by atoms with Crippen LogP contribution in [0.5, 0.6) is 0 Å². The van der Waals surface area contributed by atoms with Crippen molar-refractivity contribution in [2.24, 2.45) is 17.3 Å². The molecule has 1 saturated carbocycles. The van der Waals surface area contributed by atoms with E-state index in [9.17, 15) is 22.8 Å². The molecule has 3 rings (SSSR count). The quantitative estimate of drug-likeness (QED) is 0.791. The first-order chi connectivity index (χ1) is 10.6. The molecule has 6 heteroatoms. The van der Waals surface area contributed by atoms with Gasteiger partial charge in [0.15, 0.2) is 0 Å². The monoisotopic (exact) mass is 325 g/mol. The summed E-state index contributed by atoms with van der Waals surface area (Å²) in [6, 6.07) is 7.58. The normalized spacial score (nSPS) is 30.5. The lowest BCUT2D eigenvalue weighted by molar-refractivity contribution is -0.190. The number of nitrogens with zero attached hydrogens (tertiary/aromatic N) is 1. The second-order valence-corrected chi connectivity index (χ2v) is 7.17. The molecule has 3 atom stereocenters. The summed E-state index contributed by atoms with van der Waals surface area (Å²) in [6.45, 7) is 3.71. The van der Waals surface area contributed by atoms with E-state index in [4.69, 9.17) is 0 Å². The van der Waals surface area contributed by atoms with Crippen LogP contribution in [-0.2, 0) is 9.59 Å². The maximum atomic E-state index is 13.4. The Balaban J connectivity index is 2.10. The van der Waals surface area contributed by atoms with E-state index in [1.165, 1.54) is 4.90 Å². The van der Waals surface area contributed by atoms with E-state index in [0.29, 0.717) is 12.1 Å². The van der Waals surface area contributed by atoms with Crippen molar-refractivity contribution in [3.05, 3.63) is 30.3 Å². The zero-order chi connectivity index (χ0) is 17.0. The van der Waals surface area contributed by atoms with E-state index in [-0.39, 0.29) is 6.42 Å². The Morgan fingerprint density at radius 2 is 1.74 bits per heavy atom. The fourth-order valence-corrected chi connectivity index (χ4v) is 3.95. The molecule has 2 aliphatic rings. The zero-order valence-electron chi connectivity index (χ0n) is 12.9. The SMILES string of the molecule is CC1(C)CC(=O)C2C(C1)N(c1ccccc1)C(=O)C2C(F)(F)F. The van der Waals surface area contributed by atoms with Crippen LogP contribution in [0.2, 0.25) is 0 Å². The first-order valence-electron chi connectivity index (χ1n) is 7.59. The lowest BCUT2D eigenvalue weighted by Gasteiger charge is -2.40. The Bertz CT molecular complexity index is 639. The third-order valence-corrected chi connectivity index (χ3v) is 4.78. The number of fused-ring (bicyclic) bond motifs is 1. The van der Waals surface area contributed by atoms with E-state index >= 15 is 0 Å². The highest BCUT2D eigenvalue weighted by atomic mass is 19.4. The third kappa shape index (κ3) is 2.64. The number of carbonyl (C=O) groups excluding carboxylic acids is 2. The van der Waals surface area contributed by atoms with Gasteiger partial charge in [-0.2, -0.15) is 13.2 Å². The summed E-state index contributed by atoms with van der Waals surface area (Å²) in [4.78, 5) is 26.1. The Morgan fingerprint density at radius 1 is 1.13 bits per heavy atom. The molecule has 1 amide bonds. The molecule has 23 heavy (non-hydrogen) atoms. The zero-order valence-corrected chi connectivity index (χ0v) is 12.9. The van der Waals surface area contributed by atoms with E-state index in [1.807, 2.05) is 13.8 Å². The van der Waals surface area contributed by atoms with Gasteiger partial charge in [0.05, 0.1) is 5.92 Å². The highest BCUT2D eigenvalue weighted by Crippen LogP contribution is 2.51. The Labute approximate surface area is 132 Å². The first-order valence-corrected chi connectivity index (χ1v) is 7.59. The van der Waals surface area contributed by atoms with Gasteiger partial charge in [-0.3, -0.25) is 9.59 Å². The summed E-state index contributed by atoms with van der Waals surface area (Å²) in [5.74, 6) is -4.99. The van der Waals surface area contributed by atoms with Crippen LogP contribution in [0.1, 0.15) is 26.7 Å². The fourth-order valence-electron chi connectivity index (χ4n) is 3.95. The average molecular weight is 325 g/mol. The Morgan fingerprint density at radius 3 is 2.30 bits per heavy atom. The molecule has 1 aromatic rings. The predicted octanol–water partition coefficient (Wildman–Crippen LogP) is 3.59. The van der Waals surface area contributed by atoms with Crippen molar-refractivity contribution >= 4 is 17.4 Å². The van der Waals surface area contributed by atoms with Crippen LogP contribution in [0, 0.1) is 17.3 Å². The number of halogens is 3. The summed E-state index contributed by atoms with van der Waals surface area (Å²) >= 11 is 0. The summed E-state index contributed by atoms with van der Waals surface area (Å²) in [5, 5.41) is 0. The standard InChI is InChI=1S/C17H18F3NO2/c1-16(2)8-11-13(12(22)9-16)14(17(18,19)20)15(23)21(11)10-6-4-3-5-7-10/h3-7,11,13-14H,8-9H2,1-2H3. The van der Waals surface area contributed by atoms with Crippen LogP contribution >= 0.6 is 0 Å². The molecule has 0 bridgehead atoms. The molecule has 0 N–H and O–H groups in total. The summed E-state index contributed by atoms with van der Waals surface area (Å²) in [6.07, 6.45) is -4.24. The molecule has 3 nitrogen and oxygen atoms in total. The van der Waals surface area contributed by atoms with Crippen molar-refractivity contribution in [3.63, 3.8) is 0 Å². The molecule has 0 radical (unpaired) electrons. The summed E-state index contributed by atoms with van der Waals surface area (Å²) in [5.41, 5.74) is 0.0104. The van der Waals surface area contributed by atoms with Gasteiger partial charge in [-0.25, -0.2) is 0 Å². The molecule has 1 aliphatic carbocycles. The van der Waals surface area contributed by atoms with Crippen LogP contribution in [0.25, 0.3) is 0 Å². The Hall–Kier alpha value is -1.85. The molecule has 0 aromatic heterocycles. The fraction of sp³-hybridized carbons (Fsp3) is 0.529. The minimum atomic E-state index is -4.71. The van der Waals surface area contributed by atoms with E-state index < -0.39 is 41.2 Å². The highest BCUT2D eigenvalue weighted by Gasteiger charge is 2.64. The number of anilines is 1.